The Hall–Kier alpha value is -4.34. The molecule has 1 aromatic carbocycles. The number of hydrogen-bond acceptors (Lipinski definition) is 7. The van der Waals surface area contributed by atoms with E-state index < -0.39 is 11.6 Å². The number of benzene rings is 1. The first-order valence-electron chi connectivity index (χ1n) is 13.8. The second-order valence-electron chi connectivity index (χ2n) is 11.0. The van der Waals surface area contributed by atoms with Gasteiger partial charge < -0.3 is 23.7 Å². The number of rotatable bonds is 8. The lowest BCUT2D eigenvalue weighted by Gasteiger charge is -2.31. The minimum atomic E-state index is -0.581. The normalized spacial score (nSPS) is 13.5. The Labute approximate surface area is 240 Å². The van der Waals surface area contributed by atoms with Crippen molar-refractivity contribution in [2.75, 3.05) is 38.8 Å². The van der Waals surface area contributed by atoms with Gasteiger partial charge >= 0.3 is 12.1 Å². The van der Waals surface area contributed by atoms with Crippen LogP contribution in [0, 0.1) is 0 Å². The Balaban J connectivity index is 1.47. The first-order valence-corrected chi connectivity index (χ1v) is 13.8. The molecule has 10 nitrogen and oxygen atoms in total. The van der Waals surface area contributed by atoms with Crippen LogP contribution >= 0.6 is 0 Å². The summed E-state index contributed by atoms with van der Waals surface area (Å²) in [5, 5.41) is 0.851. The van der Waals surface area contributed by atoms with E-state index in [0.29, 0.717) is 31.1 Å². The van der Waals surface area contributed by atoms with E-state index >= 15 is 0 Å². The van der Waals surface area contributed by atoms with E-state index in [0.717, 1.165) is 35.0 Å². The molecule has 3 aromatic rings. The SMILES string of the molecule is CCOC(=O)/C=C(\C(=O)N(C)C)n1ccc2cc(OCCc3ccc4c(n3)N(C(=O)OC(C)(C)C)CCC4)ccc21. The number of nitrogens with zero attached hydrogens (tertiary/aromatic N) is 4. The Bertz CT molecular complexity index is 1470. The van der Waals surface area contributed by atoms with Crippen molar-refractivity contribution in [3.63, 3.8) is 0 Å². The maximum absolute atomic E-state index is 12.8. The number of hydrogen-bond donors (Lipinski definition) is 0. The number of aryl methyl sites for hydroxylation is 1. The zero-order chi connectivity index (χ0) is 29.7. The molecule has 2 amide bonds. The Kier molecular flexibility index (Phi) is 9.00. The summed E-state index contributed by atoms with van der Waals surface area (Å²) in [4.78, 5) is 45.6. The van der Waals surface area contributed by atoms with Crippen LogP contribution in [-0.2, 0) is 31.9 Å². The van der Waals surface area contributed by atoms with Crippen molar-refractivity contribution in [3.8, 4) is 5.75 Å². The number of fused-ring (bicyclic) bond motifs is 2. The molecule has 0 radical (unpaired) electrons. The molecule has 218 valence electrons. The van der Waals surface area contributed by atoms with Crippen molar-refractivity contribution in [3.05, 3.63) is 59.9 Å². The summed E-state index contributed by atoms with van der Waals surface area (Å²) >= 11 is 0. The number of carbonyl (C=O) groups excluding carboxylic acids is 3. The van der Waals surface area contributed by atoms with E-state index in [1.54, 1.807) is 36.7 Å². The van der Waals surface area contributed by atoms with Crippen LogP contribution in [0.5, 0.6) is 5.75 Å². The fourth-order valence-electron chi connectivity index (χ4n) is 4.57. The average Bonchev–Trinajstić information content (AvgIpc) is 3.33. The van der Waals surface area contributed by atoms with Crippen LogP contribution in [0.25, 0.3) is 16.6 Å². The number of likely N-dealkylation sites (N-methyl/N-ethyl adjacent to an activating group) is 1. The van der Waals surface area contributed by atoms with Crippen LogP contribution in [0.1, 0.15) is 45.4 Å². The van der Waals surface area contributed by atoms with Gasteiger partial charge in [-0.3, -0.25) is 9.69 Å². The van der Waals surface area contributed by atoms with E-state index in [-0.39, 0.29) is 24.3 Å². The molecule has 3 heterocycles. The van der Waals surface area contributed by atoms with Crippen LogP contribution in [0.2, 0.25) is 0 Å². The van der Waals surface area contributed by atoms with Crippen molar-refractivity contribution in [1.29, 1.82) is 0 Å². The Morgan fingerprint density at radius 2 is 1.88 bits per heavy atom. The monoisotopic (exact) mass is 562 g/mol. The predicted octanol–water partition coefficient (Wildman–Crippen LogP) is 4.84. The van der Waals surface area contributed by atoms with Gasteiger partial charge in [-0.15, -0.1) is 0 Å². The molecule has 0 bridgehead atoms. The van der Waals surface area contributed by atoms with Crippen molar-refractivity contribution in [2.24, 2.45) is 0 Å². The molecule has 1 aliphatic heterocycles. The van der Waals surface area contributed by atoms with Gasteiger partial charge in [0.1, 0.15) is 22.9 Å². The molecular weight excluding hydrogens is 524 g/mol. The molecule has 0 fully saturated rings. The molecular formula is C31H38N4O6. The molecule has 0 spiro atoms. The highest BCUT2D eigenvalue weighted by Crippen LogP contribution is 2.28. The van der Waals surface area contributed by atoms with Crippen molar-refractivity contribution in [2.45, 2.75) is 52.6 Å². The highest BCUT2D eigenvalue weighted by Gasteiger charge is 2.28. The third-order valence-electron chi connectivity index (χ3n) is 6.43. The summed E-state index contributed by atoms with van der Waals surface area (Å²) in [5.74, 6) is 0.423. The van der Waals surface area contributed by atoms with Crippen LogP contribution < -0.4 is 9.64 Å². The fraction of sp³-hybridized carbons (Fsp3) is 0.419. The molecule has 0 aliphatic carbocycles. The molecule has 2 aromatic heterocycles. The third-order valence-corrected chi connectivity index (χ3v) is 6.43. The van der Waals surface area contributed by atoms with Gasteiger partial charge in [0.2, 0.25) is 0 Å². The highest BCUT2D eigenvalue weighted by atomic mass is 16.6. The number of amides is 2. The average molecular weight is 563 g/mol. The summed E-state index contributed by atoms with van der Waals surface area (Å²) in [6, 6.07) is 11.4. The lowest BCUT2D eigenvalue weighted by molar-refractivity contribution is -0.137. The Morgan fingerprint density at radius 1 is 1.10 bits per heavy atom. The van der Waals surface area contributed by atoms with Gasteiger partial charge in [0.15, 0.2) is 0 Å². The molecule has 1 aliphatic rings. The van der Waals surface area contributed by atoms with Crippen LogP contribution in [-0.4, -0.2) is 71.9 Å². The first-order chi connectivity index (χ1) is 19.5. The van der Waals surface area contributed by atoms with E-state index in [1.807, 2.05) is 57.2 Å². The second-order valence-corrected chi connectivity index (χ2v) is 11.0. The smallest absolute Gasteiger partial charge is 0.416 e. The zero-order valence-electron chi connectivity index (χ0n) is 24.6. The van der Waals surface area contributed by atoms with Gasteiger partial charge in [-0.25, -0.2) is 14.6 Å². The first kappa shape index (κ1) is 29.6. The molecule has 41 heavy (non-hydrogen) atoms. The topological polar surface area (TPSA) is 103 Å². The lowest BCUT2D eigenvalue weighted by Crippen LogP contribution is -2.40. The largest absolute Gasteiger partial charge is 0.493 e. The molecule has 0 saturated heterocycles. The number of anilines is 1. The third kappa shape index (κ3) is 7.25. The van der Waals surface area contributed by atoms with Gasteiger partial charge in [-0.1, -0.05) is 6.07 Å². The molecule has 0 atom stereocenters. The van der Waals surface area contributed by atoms with Crippen molar-refractivity contribution in [1.82, 2.24) is 14.5 Å². The highest BCUT2D eigenvalue weighted by molar-refractivity contribution is 6.18. The molecule has 0 unspecified atom stereocenters. The second kappa shape index (κ2) is 12.4. The van der Waals surface area contributed by atoms with E-state index in [1.165, 1.54) is 11.0 Å². The summed E-state index contributed by atoms with van der Waals surface area (Å²) in [6.07, 6.45) is 4.86. The van der Waals surface area contributed by atoms with E-state index in [9.17, 15) is 14.4 Å². The fourth-order valence-corrected chi connectivity index (χ4v) is 4.57. The minimum absolute atomic E-state index is 0.191. The summed E-state index contributed by atoms with van der Waals surface area (Å²) < 4.78 is 18.3. The zero-order valence-corrected chi connectivity index (χ0v) is 24.6. The van der Waals surface area contributed by atoms with Crippen molar-refractivity contribution < 1.29 is 28.6 Å². The van der Waals surface area contributed by atoms with E-state index in [4.69, 9.17) is 19.2 Å². The molecule has 4 rings (SSSR count). The number of esters is 1. The van der Waals surface area contributed by atoms with Gasteiger partial charge in [-0.05, 0) is 76.4 Å². The van der Waals surface area contributed by atoms with Gasteiger partial charge in [-0.2, -0.15) is 0 Å². The summed E-state index contributed by atoms with van der Waals surface area (Å²) in [7, 11) is 3.26. The Morgan fingerprint density at radius 3 is 2.59 bits per heavy atom. The standard InChI is InChI=1S/C31H38N4O6/c1-7-39-27(36)20-26(29(37)33(5)6)34-17-14-22-19-24(12-13-25(22)34)40-18-15-23-11-10-21-9-8-16-35(28(21)32-23)30(38)41-31(2,3)4/h10-14,17,19-20H,7-9,15-16,18H2,1-6H3/b26-20+. The molecule has 10 heteroatoms. The van der Waals surface area contributed by atoms with E-state index in [2.05, 4.69) is 0 Å². The van der Waals surface area contributed by atoms with Crippen molar-refractivity contribution >= 4 is 40.4 Å². The van der Waals surface area contributed by atoms with Gasteiger partial charge in [0.25, 0.3) is 5.91 Å². The number of ether oxygens (including phenoxy) is 3. The lowest BCUT2D eigenvalue weighted by atomic mass is 10.1. The number of pyridine rings is 1. The van der Waals surface area contributed by atoms with Crippen LogP contribution in [0.4, 0.5) is 10.6 Å². The number of carbonyl (C=O) groups is 3. The van der Waals surface area contributed by atoms with Gasteiger partial charge in [0.05, 0.1) is 24.8 Å². The van der Waals surface area contributed by atoms with Crippen LogP contribution in [0.3, 0.4) is 0 Å². The summed E-state index contributed by atoms with van der Waals surface area (Å²) in [6.45, 7) is 8.45. The van der Waals surface area contributed by atoms with Gasteiger partial charge in [0, 0.05) is 44.3 Å². The predicted molar refractivity (Wildman–Crippen MR) is 157 cm³/mol. The quantitative estimate of drug-likeness (QED) is 0.286. The summed E-state index contributed by atoms with van der Waals surface area (Å²) in [5.41, 5.74) is 2.22. The van der Waals surface area contributed by atoms with Crippen LogP contribution in [0.15, 0.2) is 48.7 Å². The maximum atomic E-state index is 12.8. The minimum Gasteiger partial charge on any atom is -0.493 e. The maximum Gasteiger partial charge on any atom is 0.416 e. The number of aromatic nitrogens is 2. The molecule has 0 N–H and O–H groups in total. The molecule has 0 saturated carbocycles.